The number of carbonyl (C=O) groups excluding carboxylic acids is 1. The van der Waals surface area contributed by atoms with E-state index in [-0.39, 0.29) is 22.4 Å². The van der Waals surface area contributed by atoms with E-state index in [2.05, 4.69) is 10.4 Å². The molecule has 8 nitrogen and oxygen atoms in total. The van der Waals surface area contributed by atoms with Gasteiger partial charge in [0.2, 0.25) is 5.91 Å². The van der Waals surface area contributed by atoms with Crippen molar-refractivity contribution in [3.8, 4) is 6.07 Å². The van der Waals surface area contributed by atoms with Crippen LogP contribution in [-0.4, -0.2) is 32.3 Å². The molecule has 0 spiro atoms. The Balaban J connectivity index is 2.44. The van der Waals surface area contributed by atoms with Crippen LogP contribution in [0, 0.1) is 17.2 Å². The van der Waals surface area contributed by atoms with Gasteiger partial charge in [0.1, 0.15) is 12.1 Å². The molecular formula is C17H18N4O4. The SMILES string of the molecule is CC(C)[C@@](C)(C#N)NC(=O)Cn1nc(C(=O)O)c2ccccc2c1=O. The van der Waals surface area contributed by atoms with Crippen molar-refractivity contribution in [1.82, 2.24) is 15.1 Å². The summed E-state index contributed by atoms with van der Waals surface area (Å²) in [4.78, 5) is 36.1. The van der Waals surface area contributed by atoms with Crippen LogP contribution in [0.1, 0.15) is 31.3 Å². The molecule has 1 aromatic carbocycles. The van der Waals surface area contributed by atoms with Crippen LogP contribution in [0.2, 0.25) is 0 Å². The van der Waals surface area contributed by atoms with Crippen LogP contribution in [0.3, 0.4) is 0 Å². The zero-order valence-corrected chi connectivity index (χ0v) is 14.1. The van der Waals surface area contributed by atoms with Crippen molar-refractivity contribution >= 4 is 22.6 Å². The minimum atomic E-state index is -1.30. The highest BCUT2D eigenvalue weighted by molar-refractivity contribution is 6.01. The molecule has 0 bridgehead atoms. The Kier molecular flexibility index (Phi) is 4.88. The standard InChI is InChI=1S/C17H18N4O4/c1-10(2)17(3,9-18)19-13(22)8-21-15(23)12-7-5-4-6-11(12)14(20-21)16(24)25/h4-7,10H,8H2,1-3H3,(H,19,22)(H,24,25)/t17-/m1/s1. The number of benzene rings is 1. The van der Waals surface area contributed by atoms with E-state index >= 15 is 0 Å². The highest BCUT2D eigenvalue weighted by Gasteiger charge is 2.30. The highest BCUT2D eigenvalue weighted by Crippen LogP contribution is 2.15. The zero-order chi connectivity index (χ0) is 18.8. The highest BCUT2D eigenvalue weighted by atomic mass is 16.4. The number of carbonyl (C=O) groups is 2. The normalized spacial score (nSPS) is 13.2. The van der Waals surface area contributed by atoms with Gasteiger partial charge in [-0.3, -0.25) is 9.59 Å². The first kappa shape index (κ1) is 18.1. The lowest BCUT2D eigenvalue weighted by atomic mass is 9.90. The molecule has 25 heavy (non-hydrogen) atoms. The van der Waals surface area contributed by atoms with Crippen LogP contribution >= 0.6 is 0 Å². The van der Waals surface area contributed by atoms with E-state index < -0.39 is 29.5 Å². The van der Waals surface area contributed by atoms with Crippen molar-refractivity contribution in [2.24, 2.45) is 5.92 Å². The largest absolute Gasteiger partial charge is 0.476 e. The van der Waals surface area contributed by atoms with E-state index in [1.54, 1.807) is 32.9 Å². The maximum Gasteiger partial charge on any atom is 0.357 e. The number of nitrogens with one attached hydrogen (secondary N) is 1. The van der Waals surface area contributed by atoms with E-state index in [1.807, 2.05) is 6.07 Å². The van der Waals surface area contributed by atoms with Crippen LogP contribution in [-0.2, 0) is 11.3 Å². The van der Waals surface area contributed by atoms with Crippen molar-refractivity contribution < 1.29 is 14.7 Å². The fraction of sp³-hybridized carbons (Fsp3) is 0.353. The van der Waals surface area contributed by atoms with Gasteiger partial charge in [-0.1, -0.05) is 32.0 Å². The first-order valence-electron chi connectivity index (χ1n) is 7.65. The Bertz CT molecular complexity index is 942. The molecule has 2 aromatic rings. The number of rotatable bonds is 5. The number of hydrogen-bond acceptors (Lipinski definition) is 5. The van der Waals surface area contributed by atoms with Crippen LogP contribution in [0.4, 0.5) is 0 Å². The molecule has 0 saturated heterocycles. The summed E-state index contributed by atoms with van der Waals surface area (Å²) in [6, 6.07) is 8.21. The fourth-order valence-electron chi connectivity index (χ4n) is 2.27. The van der Waals surface area contributed by atoms with E-state index in [4.69, 9.17) is 0 Å². The zero-order valence-electron chi connectivity index (χ0n) is 14.1. The second-order valence-electron chi connectivity index (χ2n) is 6.18. The van der Waals surface area contributed by atoms with Crippen molar-refractivity contribution in [2.75, 3.05) is 0 Å². The van der Waals surface area contributed by atoms with Gasteiger partial charge in [0.05, 0.1) is 11.5 Å². The van der Waals surface area contributed by atoms with Crippen molar-refractivity contribution in [1.29, 1.82) is 5.26 Å². The van der Waals surface area contributed by atoms with Crippen LogP contribution in [0.15, 0.2) is 29.1 Å². The lowest BCUT2D eigenvalue weighted by molar-refractivity contribution is -0.123. The Labute approximate surface area is 143 Å². The number of nitrogens with zero attached hydrogens (tertiary/aromatic N) is 3. The molecule has 1 atom stereocenters. The number of hydrogen-bond donors (Lipinski definition) is 2. The van der Waals surface area contributed by atoms with Gasteiger partial charge in [-0.05, 0) is 18.9 Å². The van der Waals surface area contributed by atoms with Crippen molar-refractivity contribution in [2.45, 2.75) is 32.9 Å². The molecule has 0 unspecified atom stereocenters. The third-order valence-electron chi connectivity index (χ3n) is 4.15. The van der Waals surface area contributed by atoms with Gasteiger partial charge in [0.15, 0.2) is 5.69 Å². The summed E-state index contributed by atoms with van der Waals surface area (Å²) in [5.74, 6) is -2.05. The monoisotopic (exact) mass is 342 g/mol. The average molecular weight is 342 g/mol. The summed E-state index contributed by atoms with van der Waals surface area (Å²) in [6.07, 6.45) is 0. The number of amides is 1. The predicted molar refractivity (Wildman–Crippen MR) is 90.0 cm³/mol. The molecule has 0 saturated carbocycles. The summed E-state index contributed by atoms with van der Waals surface area (Å²) in [7, 11) is 0. The Morgan fingerprint density at radius 1 is 1.36 bits per heavy atom. The van der Waals surface area contributed by atoms with Gasteiger partial charge in [-0.2, -0.15) is 10.4 Å². The van der Waals surface area contributed by atoms with Crippen molar-refractivity contribution in [3.05, 3.63) is 40.3 Å². The number of carboxylic acid groups (broad SMARTS) is 1. The molecule has 0 aliphatic rings. The minimum Gasteiger partial charge on any atom is -0.476 e. The molecule has 0 radical (unpaired) electrons. The van der Waals surface area contributed by atoms with E-state index in [1.165, 1.54) is 12.1 Å². The average Bonchev–Trinajstić information content (AvgIpc) is 2.56. The summed E-state index contributed by atoms with van der Waals surface area (Å²) in [5.41, 5.74) is -1.98. The number of carboxylic acids is 1. The maximum absolute atomic E-state index is 12.5. The molecule has 1 heterocycles. The molecule has 1 amide bonds. The Hall–Kier alpha value is -3.21. The molecule has 0 aliphatic carbocycles. The maximum atomic E-state index is 12.5. The van der Waals surface area contributed by atoms with E-state index in [0.717, 1.165) is 4.68 Å². The first-order valence-corrected chi connectivity index (χ1v) is 7.65. The number of aromatic nitrogens is 2. The minimum absolute atomic E-state index is 0.155. The Morgan fingerprint density at radius 2 is 1.96 bits per heavy atom. The smallest absolute Gasteiger partial charge is 0.357 e. The molecule has 2 N–H and O–H groups in total. The van der Waals surface area contributed by atoms with E-state index in [0.29, 0.717) is 0 Å². The second kappa shape index (κ2) is 6.73. The lowest BCUT2D eigenvalue weighted by Gasteiger charge is -2.27. The molecule has 0 fully saturated rings. The number of aromatic carboxylic acids is 1. The molecule has 2 rings (SSSR count). The molecular weight excluding hydrogens is 324 g/mol. The Morgan fingerprint density at radius 3 is 2.48 bits per heavy atom. The van der Waals surface area contributed by atoms with Gasteiger partial charge in [-0.25, -0.2) is 9.48 Å². The molecule has 0 aliphatic heterocycles. The summed E-state index contributed by atoms with van der Waals surface area (Å²) >= 11 is 0. The molecule has 1 aromatic heterocycles. The van der Waals surface area contributed by atoms with E-state index in [9.17, 15) is 24.8 Å². The molecule has 130 valence electrons. The van der Waals surface area contributed by atoms with Gasteiger partial charge < -0.3 is 10.4 Å². The summed E-state index contributed by atoms with van der Waals surface area (Å²) in [6.45, 7) is 4.67. The predicted octanol–water partition coefficient (Wildman–Crippen LogP) is 1.15. The van der Waals surface area contributed by atoms with Gasteiger partial charge >= 0.3 is 5.97 Å². The van der Waals surface area contributed by atoms with Gasteiger partial charge in [-0.15, -0.1) is 0 Å². The molecule has 8 heteroatoms. The first-order chi connectivity index (χ1) is 11.7. The van der Waals surface area contributed by atoms with Crippen LogP contribution in [0.5, 0.6) is 0 Å². The van der Waals surface area contributed by atoms with Gasteiger partial charge in [0, 0.05) is 5.39 Å². The third-order valence-corrected chi connectivity index (χ3v) is 4.15. The van der Waals surface area contributed by atoms with Crippen LogP contribution < -0.4 is 10.9 Å². The number of fused-ring (bicyclic) bond motifs is 1. The number of nitriles is 1. The van der Waals surface area contributed by atoms with Crippen LogP contribution in [0.25, 0.3) is 10.8 Å². The third kappa shape index (κ3) is 3.50. The van der Waals surface area contributed by atoms with Crippen molar-refractivity contribution in [3.63, 3.8) is 0 Å². The quantitative estimate of drug-likeness (QED) is 0.839. The second-order valence-corrected chi connectivity index (χ2v) is 6.18. The topological polar surface area (TPSA) is 125 Å². The lowest BCUT2D eigenvalue weighted by Crippen LogP contribution is -2.50. The summed E-state index contributed by atoms with van der Waals surface area (Å²) < 4.78 is 0.805. The fourth-order valence-corrected chi connectivity index (χ4v) is 2.27. The van der Waals surface area contributed by atoms with Gasteiger partial charge in [0.25, 0.3) is 5.56 Å². The summed E-state index contributed by atoms with van der Waals surface area (Å²) in [5, 5.41) is 25.3.